The van der Waals surface area contributed by atoms with Crippen molar-refractivity contribution >= 4 is 46.6 Å². The van der Waals surface area contributed by atoms with Crippen LogP contribution in [0.1, 0.15) is 24.0 Å². The van der Waals surface area contributed by atoms with Crippen LogP contribution in [0.2, 0.25) is 5.02 Å². The number of para-hydroxylation sites is 2. The van der Waals surface area contributed by atoms with Gasteiger partial charge in [0.2, 0.25) is 5.91 Å². The van der Waals surface area contributed by atoms with E-state index in [1.807, 2.05) is 19.1 Å². The van der Waals surface area contributed by atoms with Gasteiger partial charge in [-0.3, -0.25) is 9.59 Å². The molecule has 0 spiro atoms. The maximum atomic E-state index is 15.1. The summed E-state index contributed by atoms with van der Waals surface area (Å²) >= 11 is 7.23. The Morgan fingerprint density at radius 1 is 1.00 bits per heavy atom. The fraction of sp³-hybridized carbons (Fsp3) is 0.138. The van der Waals surface area contributed by atoms with E-state index in [9.17, 15) is 14.9 Å². The van der Waals surface area contributed by atoms with Gasteiger partial charge in [-0.1, -0.05) is 71.9 Å². The Morgan fingerprint density at radius 2 is 1.66 bits per heavy atom. The number of hydrogen-bond donors (Lipinski definition) is 3. The molecule has 0 radical (unpaired) electrons. The summed E-state index contributed by atoms with van der Waals surface area (Å²) in [5.41, 5.74) is 2.97. The van der Waals surface area contributed by atoms with E-state index in [0.717, 1.165) is 17.3 Å². The lowest BCUT2D eigenvalue weighted by Crippen LogP contribution is -2.31. The standard InChI is InChI=1S/C29H24ClFN4O2S/c1-17-9-3-7-13-23(17)35-28(37)26-18(2)33-29(20(15-32)27(26)19-10-4-6-12-22(19)31)38-16-25(36)34-24-14-8-5-11-21(24)30/h3-14,27,33H,16H2,1-2H3,(H,34,36)(H,35,37). The Morgan fingerprint density at radius 3 is 2.34 bits per heavy atom. The third-order valence-electron chi connectivity index (χ3n) is 6.00. The van der Waals surface area contributed by atoms with E-state index >= 15 is 4.39 Å². The Labute approximate surface area is 229 Å². The quantitative estimate of drug-likeness (QED) is 0.315. The van der Waals surface area contributed by atoms with Crippen molar-refractivity contribution in [1.82, 2.24) is 5.32 Å². The highest BCUT2D eigenvalue weighted by atomic mass is 35.5. The minimum Gasteiger partial charge on any atom is -0.353 e. The van der Waals surface area contributed by atoms with Crippen LogP contribution in [0.25, 0.3) is 0 Å². The first kappa shape index (κ1) is 27.0. The number of nitriles is 1. The van der Waals surface area contributed by atoms with Crippen molar-refractivity contribution in [2.45, 2.75) is 19.8 Å². The fourth-order valence-corrected chi connectivity index (χ4v) is 5.21. The molecule has 38 heavy (non-hydrogen) atoms. The van der Waals surface area contributed by atoms with Gasteiger partial charge < -0.3 is 16.0 Å². The third kappa shape index (κ3) is 5.91. The smallest absolute Gasteiger partial charge is 0.254 e. The number of rotatable bonds is 7. The number of anilines is 2. The third-order valence-corrected chi connectivity index (χ3v) is 7.34. The molecule has 0 bridgehead atoms. The number of benzene rings is 3. The zero-order valence-corrected chi connectivity index (χ0v) is 22.2. The first-order valence-corrected chi connectivity index (χ1v) is 13.1. The highest BCUT2D eigenvalue weighted by Gasteiger charge is 2.36. The molecule has 1 unspecified atom stereocenters. The normalized spacial score (nSPS) is 15.0. The molecule has 0 saturated carbocycles. The highest BCUT2D eigenvalue weighted by Crippen LogP contribution is 2.42. The molecule has 9 heteroatoms. The van der Waals surface area contributed by atoms with E-state index < -0.39 is 17.6 Å². The van der Waals surface area contributed by atoms with Crippen molar-refractivity contribution in [3.63, 3.8) is 0 Å². The van der Waals surface area contributed by atoms with Crippen LogP contribution in [-0.4, -0.2) is 17.6 Å². The molecule has 0 aromatic heterocycles. The van der Waals surface area contributed by atoms with Crippen LogP contribution >= 0.6 is 23.4 Å². The molecule has 1 heterocycles. The van der Waals surface area contributed by atoms with E-state index in [2.05, 4.69) is 22.0 Å². The van der Waals surface area contributed by atoms with Gasteiger partial charge in [-0.15, -0.1) is 0 Å². The SMILES string of the molecule is CC1=C(C(=O)Nc2ccccc2C)C(c2ccccc2F)C(C#N)=C(SCC(=O)Nc2ccccc2Cl)N1. The number of carbonyl (C=O) groups excluding carboxylic acids is 2. The van der Waals surface area contributed by atoms with Gasteiger partial charge in [0, 0.05) is 22.5 Å². The van der Waals surface area contributed by atoms with Crippen LogP contribution in [0, 0.1) is 24.1 Å². The van der Waals surface area contributed by atoms with Crippen LogP contribution in [-0.2, 0) is 9.59 Å². The molecule has 1 aliphatic rings. The van der Waals surface area contributed by atoms with Crippen molar-refractivity contribution < 1.29 is 14.0 Å². The first-order valence-electron chi connectivity index (χ1n) is 11.7. The number of nitrogens with one attached hydrogen (secondary N) is 3. The zero-order valence-electron chi connectivity index (χ0n) is 20.6. The molecule has 6 nitrogen and oxygen atoms in total. The van der Waals surface area contributed by atoms with Crippen molar-refractivity contribution in [3.05, 3.63) is 117 Å². The number of carbonyl (C=O) groups is 2. The molecule has 0 fully saturated rings. The van der Waals surface area contributed by atoms with Crippen molar-refractivity contribution in [2.75, 3.05) is 16.4 Å². The van der Waals surface area contributed by atoms with Gasteiger partial charge in [0.25, 0.3) is 5.91 Å². The average Bonchev–Trinajstić information content (AvgIpc) is 2.90. The second kappa shape index (κ2) is 12.0. The maximum Gasteiger partial charge on any atom is 0.254 e. The number of allylic oxidation sites excluding steroid dienone is 2. The summed E-state index contributed by atoms with van der Waals surface area (Å²) in [6.45, 7) is 3.56. The number of aryl methyl sites for hydroxylation is 1. The molecule has 192 valence electrons. The zero-order chi connectivity index (χ0) is 27.2. The first-order chi connectivity index (χ1) is 18.3. The van der Waals surface area contributed by atoms with Gasteiger partial charge in [0.15, 0.2) is 0 Å². The van der Waals surface area contributed by atoms with E-state index in [1.54, 1.807) is 61.5 Å². The van der Waals surface area contributed by atoms with Gasteiger partial charge in [-0.25, -0.2) is 4.39 Å². The molecule has 1 atom stereocenters. The lowest BCUT2D eigenvalue weighted by molar-refractivity contribution is -0.114. The van der Waals surface area contributed by atoms with Crippen LogP contribution in [0.15, 0.2) is 94.7 Å². The molecule has 0 aliphatic carbocycles. The van der Waals surface area contributed by atoms with E-state index in [-0.39, 0.29) is 28.4 Å². The number of halogens is 2. The summed E-state index contributed by atoms with van der Waals surface area (Å²) in [6, 6.07) is 22.4. The number of hydrogen-bond acceptors (Lipinski definition) is 5. The van der Waals surface area contributed by atoms with E-state index in [4.69, 9.17) is 11.6 Å². The summed E-state index contributed by atoms with van der Waals surface area (Å²) < 4.78 is 15.1. The Balaban J connectivity index is 1.66. The molecular formula is C29H24ClFN4O2S. The Bertz CT molecular complexity index is 1510. The second-order valence-electron chi connectivity index (χ2n) is 8.56. The van der Waals surface area contributed by atoms with Gasteiger partial charge in [0.05, 0.1) is 39.1 Å². The van der Waals surface area contributed by atoms with Gasteiger partial charge in [0.1, 0.15) is 5.82 Å². The van der Waals surface area contributed by atoms with Crippen molar-refractivity contribution in [2.24, 2.45) is 0 Å². The maximum absolute atomic E-state index is 15.1. The molecule has 2 amide bonds. The number of amides is 2. The van der Waals surface area contributed by atoms with Crippen LogP contribution in [0.3, 0.4) is 0 Å². The summed E-state index contributed by atoms with van der Waals surface area (Å²) in [7, 11) is 0. The van der Waals surface area contributed by atoms with Crippen molar-refractivity contribution in [1.29, 1.82) is 5.26 Å². The number of nitrogens with zero attached hydrogens (tertiary/aromatic N) is 1. The minimum atomic E-state index is -0.972. The monoisotopic (exact) mass is 546 g/mol. The molecule has 3 N–H and O–H groups in total. The predicted molar refractivity (Wildman–Crippen MR) is 150 cm³/mol. The second-order valence-corrected chi connectivity index (χ2v) is 9.95. The average molecular weight is 547 g/mol. The summed E-state index contributed by atoms with van der Waals surface area (Å²) in [5, 5.41) is 19.7. The summed E-state index contributed by atoms with van der Waals surface area (Å²) in [4.78, 5) is 26.2. The predicted octanol–water partition coefficient (Wildman–Crippen LogP) is 6.49. The fourth-order valence-electron chi connectivity index (χ4n) is 4.14. The van der Waals surface area contributed by atoms with E-state index in [0.29, 0.717) is 27.1 Å². The Kier molecular flexibility index (Phi) is 8.52. The summed E-state index contributed by atoms with van der Waals surface area (Å²) in [6.07, 6.45) is 0. The van der Waals surface area contributed by atoms with Crippen LogP contribution < -0.4 is 16.0 Å². The van der Waals surface area contributed by atoms with Gasteiger partial charge in [-0.05, 0) is 43.7 Å². The number of thioether (sulfide) groups is 1. The highest BCUT2D eigenvalue weighted by molar-refractivity contribution is 8.03. The molecule has 3 aromatic rings. The van der Waals surface area contributed by atoms with Gasteiger partial charge >= 0.3 is 0 Å². The van der Waals surface area contributed by atoms with E-state index in [1.165, 1.54) is 6.07 Å². The largest absolute Gasteiger partial charge is 0.353 e. The van der Waals surface area contributed by atoms with Gasteiger partial charge in [-0.2, -0.15) is 5.26 Å². The van der Waals surface area contributed by atoms with Crippen molar-refractivity contribution in [3.8, 4) is 6.07 Å². The molecule has 4 rings (SSSR count). The minimum absolute atomic E-state index is 0.0409. The topological polar surface area (TPSA) is 94.0 Å². The lowest BCUT2D eigenvalue weighted by atomic mass is 9.82. The molecule has 0 saturated heterocycles. The molecule has 3 aromatic carbocycles. The summed E-state index contributed by atoms with van der Waals surface area (Å²) in [5.74, 6) is -2.34. The van der Waals surface area contributed by atoms with Crippen LogP contribution in [0.4, 0.5) is 15.8 Å². The Hall–Kier alpha value is -4.06. The van der Waals surface area contributed by atoms with Crippen LogP contribution in [0.5, 0.6) is 0 Å². The number of dihydropyridines is 1. The lowest BCUT2D eigenvalue weighted by Gasteiger charge is -2.30. The molecular weight excluding hydrogens is 523 g/mol. The molecule has 1 aliphatic heterocycles.